The van der Waals surface area contributed by atoms with Crippen LogP contribution in [-0.4, -0.2) is 26.8 Å². The summed E-state index contributed by atoms with van der Waals surface area (Å²) >= 11 is 0. The first kappa shape index (κ1) is 16.6. The maximum atomic E-state index is 13.0. The van der Waals surface area contributed by atoms with Crippen molar-refractivity contribution in [1.29, 1.82) is 0 Å². The van der Waals surface area contributed by atoms with Crippen molar-refractivity contribution < 1.29 is 18.7 Å². The molecule has 0 atom stereocenters. The summed E-state index contributed by atoms with van der Waals surface area (Å²) in [5.41, 5.74) is 1.42. The van der Waals surface area contributed by atoms with Gasteiger partial charge in [-0.3, -0.25) is 0 Å². The molecule has 0 spiro atoms. The molecule has 0 heterocycles. The van der Waals surface area contributed by atoms with Gasteiger partial charge in [0.25, 0.3) is 0 Å². The Labute approximate surface area is 134 Å². The second kappa shape index (κ2) is 8.03. The van der Waals surface area contributed by atoms with Gasteiger partial charge in [0.15, 0.2) is 11.5 Å². The normalized spacial score (nSPS) is 10.0. The Bertz CT molecular complexity index is 677. The number of benzene rings is 2. The molecule has 6 heteroatoms. The Morgan fingerprint density at radius 2 is 1.87 bits per heavy atom. The quantitative estimate of drug-likeness (QED) is 0.860. The fraction of sp³-hybridized carbons (Fsp3) is 0.235. The average molecular weight is 318 g/mol. The van der Waals surface area contributed by atoms with E-state index in [0.29, 0.717) is 30.2 Å². The van der Waals surface area contributed by atoms with Crippen molar-refractivity contribution in [1.82, 2.24) is 5.32 Å². The fourth-order valence-electron chi connectivity index (χ4n) is 2.10. The molecule has 2 rings (SSSR count). The molecular formula is C17H19FN2O3. The van der Waals surface area contributed by atoms with E-state index >= 15 is 0 Å². The minimum Gasteiger partial charge on any atom is -0.493 e. The Hall–Kier alpha value is -2.76. The molecule has 0 saturated heterocycles. The van der Waals surface area contributed by atoms with Crippen molar-refractivity contribution in [3.05, 3.63) is 53.8 Å². The van der Waals surface area contributed by atoms with Gasteiger partial charge in [0.2, 0.25) is 0 Å². The van der Waals surface area contributed by atoms with Crippen molar-refractivity contribution in [2.24, 2.45) is 0 Å². The van der Waals surface area contributed by atoms with E-state index in [2.05, 4.69) is 10.6 Å². The van der Waals surface area contributed by atoms with Gasteiger partial charge < -0.3 is 20.1 Å². The molecule has 0 aliphatic carbocycles. The van der Waals surface area contributed by atoms with Gasteiger partial charge in [-0.05, 0) is 42.3 Å². The van der Waals surface area contributed by atoms with Gasteiger partial charge in [0.1, 0.15) is 5.82 Å². The Morgan fingerprint density at radius 1 is 1.09 bits per heavy atom. The van der Waals surface area contributed by atoms with E-state index in [1.807, 2.05) is 18.2 Å². The molecule has 0 unspecified atom stereocenters. The largest absolute Gasteiger partial charge is 0.493 e. The zero-order valence-electron chi connectivity index (χ0n) is 13.1. The van der Waals surface area contributed by atoms with Gasteiger partial charge in [-0.2, -0.15) is 0 Å². The molecule has 2 aromatic carbocycles. The summed E-state index contributed by atoms with van der Waals surface area (Å²) in [4.78, 5) is 11.7. The van der Waals surface area contributed by atoms with E-state index in [1.165, 1.54) is 18.2 Å². The number of nitrogens with one attached hydrogen (secondary N) is 2. The van der Waals surface area contributed by atoms with Crippen LogP contribution < -0.4 is 20.1 Å². The number of rotatable bonds is 6. The van der Waals surface area contributed by atoms with Crippen molar-refractivity contribution in [3.8, 4) is 11.5 Å². The topological polar surface area (TPSA) is 59.6 Å². The number of anilines is 1. The molecular weight excluding hydrogens is 299 g/mol. The number of carbonyl (C=O) groups is 1. The van der Waals surface area contributed by atoms with Gasteiger partial charge in [-0.1, -0.05) is 12.1 Å². The van der Waals surface area contributed by atoms with Crippen LogP contribution in [-0.2, 0) is 6.42 Å². The molecule has 122 valence electrons. The second-order valence-electron chi connectivity index (χ2n) is 4.83. The lowest BCUT2D eigenvalue weighted by Crippen LogP contribution is -2.30. The van der Waals surface area contributed by atoms with Crippen molar-refractivity contribution in [2.45, 2.75) is 6.42 Å². The van der Waals surface area contributed by atoms with Crippen LogP contribution in [0.15, 0.2) is 42.5 Å². The van der Waals surface area contributed by atoms with Crippen molar-refractivity contribution in [2.75, 3.05) is 26.1 Å². The summed E-state index contributed by atoms with van der Waals surface area (Å²) in [5, 5.41) is 5.30. The fourth-order valence-corrected chi connectivity index (χ4v) is 2.10. The van der Waals surface area contributed by atoms with Crippen molar-refractivity contribution in [3.63, 3.8) is 0 Å². The van der Waals surface area contributed by atoms with Gasteiger partial charge in [0, 0.05) is 12.2 Å². The first-order valence-electron chi connectivity index (χ1n) is 7.13. The molecule has 0 saturated carbocycles. The maximum Gasteiger partial charge on any atom is 0.319 e. The highest BCUT2D eigenvalue weighted by Gasteiger charge is 2.06. The monoisotopic (exact) mass is 318 g/mol. The SMILES string of the molecule is COc1ccc(CCNC(=O)Nc2cccc(F)c2)cc1OC. The third kappa shape index (κ3) is 4.88. The number of ether oxygens (including phenoxy) is 2. The van der Waals surface area contributed by atoms with Crippen LogP contribution in [0.5, 0.6) is 11.5 Å². The van der Waals surface area contributed by atoms with Crippen LogP contribution in [0.1, 0.15) is 5.56 Å². The number of carbonyl (C=O) groups excluding carboxylic acids is 1. The molecule has 0 radical (unpaired) electrons. The molecule has 5 nitrogen and oxygen atoms in total. The van der Waals surface area contributed by atoms with Crippen LogP contribution in [0.4, 0.5) is 14.9 Å². The Balaban J connectivity index is 1.83. The molecule has 0 fully saturated rings. The molecule has 23 heavy (non-hydrogen) atoms. The van der Waals surface area contributed by atoms with Gasteiger partial charge in [-0.25, -0.2) is 9.18 Å². The predicted octanol–water partition coefficient (Wildman–Crippen LogP) is 3.21. The van der Waals surface area contributed by atoms with Crippen LogP contribution in [0.25, 0.3) is 0 Å². The summed E-state index contributed by atoms with van der Waals surface area (Å²) in [6.07, 6.45) is 0.636. The predicted molar refractivity (Wildman–Crippen MR) is 86.7 cm³/mol. The summed E-state index contributed by atoms with van der Waals surface area (Å²) < 4.78 is 23.4. The average Bonchev–Trinajstić information content (AvgIpc) is 2.54. The van der Waals surface area contributed by atoms with E-state index in [1.54, 1.807) is 20.3 Å². The third-order valence-electron chi connectivity index (χ3n) is 3.23. The smallest absolute Gasteiger partial charge is 0.319 e. The Kier molecular flexibility index (Phi) is 5.80. The first-order chi connectivity index (χ1) is 11.1. The highest BCUT2D eigenvalue weighted by molar-refractivity contribution is 5.89. The number of hydrogen-bond acceptors (Lipinski definition) is 3. The van der Waals surface area contributed by atoms with E-state index in [-0.39, 0.29) is 6.03 Å². The zero-order chi connectivity index (χ0) is 16.7. The summed E-state index contributed by atoms with van der Waals surface area (Å²) in [5.74, 6) is 0.912. The molecule has 2 aromatic rings. The zero-order valence-corrected chi connectivity index (χ0v) is 13.1. The van der Waals surface area contributed by atoms with E-state index in [9.17, 15) is 9.18 Å². The first-order valence-corrected chi connectivity index (χ1v) is 7.13. The summed E-state index contributed by atoms with van der Waals surface area (Å²) in [7, 11) is 3.15. The molecule has 2 N–H and O–H groups in total. The number of hydrogen-bond donors (Lipinski definition) is 2. The summed E-state index contributed by atoms with van der Waals surface area (Å²) in [6, 6.07) is 11.0. The van der Waals surface area contributed by atoms with Gasteiger partial charge in [-0.15, -0.1) is 0 Å². The lowest BCUT2D eigenvalue weighted by molar-refractivity contribution is 0.252. The van der Waals surface area contributed by atoms with E-state index in [0.717, 1.165) is 5.56 Å². The van der Waals surface area contributed by atoms with Crippen LogP contribution in [0.3, 0.4) is 0 Å². The second-order valence-corrected chi connectivity index (χ2v) is 4.83. The lowest BCUT2D eigenvalue weighted by Gasteiger charge is -2.10. The van der Waals surface area contributed by atoms with Crippen LogP contribution >= 0.6 is 0 Å². The molecule has 0 aromatic heterocycles. The number of methoxy groups -OCH3 is 2. The molecule has 0 aliphatic rings. The van der Waals surface area contributed by atoms with Crippen molar-refractivity contribution >= 4 is 11.7 Å². The van der Waals surface area contributed by atoms with Crippen LogP contribution in [0, 0.1) is 5.82 Å². The maximum absolute atomic E-state index is 13.0. The standard InChI is InChI=1S/C17H19FN2O3/c1-22-15-7-6-12(10-16(15)23-2)8-9-19-17(21)20-14-5-3-4-13(18)11-14/h3-7,10-11H,8-9H2,1-2H3,(H2,19,20,21). The van der Waals surface area contributed by atoms with Gasteiger partial charge >= 0.3 is 6.03 Å². The number of amides is 2. The van der Waals surface area contributed by atoms with E-state index in [4.69, 9.17) is 9.47 Å². The van der Waals surface area contributed by atoms with Crippen LogP contribution in [0.2, 0.25) is 0 Å². The molecule has 0 aliphatic heterocycles. The number of urea groups is 1. The highest BCUT2D eigenvalue weighted by Crippen LogP contribution is 2.27. The summed E-state index contributed by atoms with van der Waals surface area (Å²) in [6.45, 7) is 0.441. The minimum atomic E-state index is -0.395. The molecule has 0 bridgehead atoms. The highest BCUT2D eigenvalue weighted by atomic mass is 19.1. The Morgan fingerprint density at radius 3 is 2.57 bits per heavy atom. The molecule has 2 amide bonds. The lowest BCUT2D eigenvalue weighted by atomic mass is 10.1. The third-order valence-corrected chi connectivity index (χ3v) is 3.23. The van der Waals surface area contributed by atoms with Gasteiger partial charge in [0.05, 0.1) is 14.2 Å². The minimum absolute atomic E-state index is 0.379. The number of halogens is 1. The van der Waals surface area contributed by atoms with E-state index < -0.39 is 5.82 Å².